The van der Waals surface area contributed by atoms with Crippen molar-refractivity contribution in [1.82, 2.24) is 26.2 Å². The van der Waals surface area contributed by atoms with Crippen LogP contribution in [0.2, 0.25) is 0 Å². The lowest BCUT2D eigenvalue weighted by atomic mass is 10.1. The van der Waals surface area contributed by atoms with E-state index in [0.717, 1.165) is 50.4 Å². The van der Waals surface area contributed by atoms with E-state index in [1.165, 1.54) is 6.26 Å². The summed E-state index contributed by atoms with van der Waals surface area (Å²) in [4.78, 5) is 30.3. The first-order valence-corrected chi connectivity index (χ1v) is 10.3. The lowest BCUT2D eigenvalue weighted by Gasteiger charge is -2.32. The smallest absolute Gasteiger partial charge is 0.287 e. The van der Waals surface area contributed by atoms with Crippen molar-refractivity contribution in [2.24, 2.45) is 4.99 Å². The zero-order chi connectivity index (χ0) is 21.1. The molecule has 0 unspecified atom stereocenters. The minimum Gasteiger partial charge on any atom is -0.459 e. The zero-order valence-corrected chi connectivity index (χ0v) is 17.7. The largest absolute Gasteiger partial charge is 0.459 e. The maximum Gasteiger partial charge on any atom is 0.287 e. The van der Waals surface area contributed by atoms with Gasteiger partial charge in [0, 0.05) is 51.4 Å². The van der Waals surface area contributed by atoms with Gasteiger partial charge in [0.2, 0.25) is 5.91 Å². The van der Waals surface area contributed by atoms with Gasteiger partial charge in [0.15, 0.2) is 11.7 Å². The Morgan fingerprint density at radius 3 is 2.66 bits per heavy atom. The molecule has 1 saturated heterocycles. The summed E-state index contributed by atoms with van der Waals surface area (Å²) in [7, 11) is 1.67. The molecule has 1 aromatic rings. The molecule has 2 amide bonds. The third-order valence-corrected chi connectivity index (χ3v) is 4.88. The second-order valence-corrected chi connectivity index (χ2v) is 7.17. The molecule has 9 nitrogen and oxygen atoms in total. The van der Waals surface area contributed by atoms with E-state index in [-0.39, 0.29) is 11.8 Å². The number of guanidine groups is 1. The Labute approximate surface area is 172 Å². The molecule has 162 valence electrons. The van der Waals surface area contributed by atoms with Gasteiger partial charge >= 0.3 is 0 Å². The fourth-order valence-electron chi connectivity index (χ4n) is 3.19. The van der Waals surface area contributed by atoms with Crippen LogP contribution in [0.1, 0.15) is 42.3 Å². The summed E-state index contributed by atoms with van der Waals surface area (Å²) < 4.78 is 5.19. The molecule has 0 atom stereocenters. The second kappa shape index (κ2) is 12.1. The minimum atomic E-state index is -0.190. The van der Waals surface area contributed by atoms with Crippen LogP contribution in [-0.2, 0) is 4.79 Å². The van der Waals surface area contributed by atoms with Gasteiger partial charge in [0.1, 0.15) is 0 Å². The number of amides is 2. The number of likely N-dealkylation sites (tertiary alicyclic amines) is 1. The Morgan fingerprint density at radius 2 is 2.03 bits per heavy atom. The molecule has 0 aliphatic carbocycles. The molecule has 9 heteroatoms. The topological polar surface area (TPSA) is 111 Å². The monoisotopic (exact) mass is 406 g/mol. The molecule has 1 aromatic heterocycles. The van der Waals surface area contributed by atoms with Crippen LogP contribution in [0.3, 0.4) is 0 Å². The number of piperidine rings is 1. The summed E-state index contributed by atoms with van der Waals surface area (Å²) in [5.74, 6) is 1.03. The van der Waals surface area contributed by atoms with E-state index in [0.29, 0.717) is 31.4 Å². The van der Waals surface area contributed by atoms with Crippen molar-refractivity contribution in [3.8, 4) is 0 Å². The first-order valence-electron chi connectivity index (χ1n) is 10.3. The van der Waals surface area contributed by atoms with Crippen LogP contribution >= 0.6 is 0 Å². The molecule has 0 bridgehead atoms. The summed E-state index contributed by atoms with van der Waals surface area (Å²) >= 11 is 0. The second-order valence-electron chi connectivity index (χ2n) is 7.17. The molecular formula is C20H34N6O3. The van der Waals surface area contributed by atoms with Crippen molar-refractivity contribution in [2.45, 2.75) is 39.2 Å². The lowest BCUT2D eigenvalue weighted by Crippen LogP contribution is -2.50. The van der Waals surface area contributed by atoms with Crippen LogP contribution in [0.5, 0.6) is 0 Å². The van der Waals surface area contributed by atoms with Crippen molar-refractivity contribution >= 4 is 17.8 Å². The van der Waals surface area contributed by atoms with Crippen molar-refractivity contribution in [1.29, 1.82) is 0 Å². The number of carbonyl (C=O) groups excluding carboxylic acids is 2. The minimum absolute atomic E-state index is 0.0561. The normalized spacial score (nSPS) is 15.8. The highest BCUT2D eigenvalue weighted by atomic mass is 16.3. The number of likely N-dealkylation sites (N-methyl/N-ethyl adjacent to an activating group) is 1. The summed E-state index contributed by atoms with van der Waals surface area (Å²) in [5, 5.41) is 12.3. The van der Waals surface area contributed by atoms with E-state index in [2.05, 4.69) is 31.2 Å². The van der Waals surface area contributed by atoms with Crippen molar-refractivity contribution in [3.05, 3.63) is 23.7 Å². The number of furan rings is 1. The van der Waals surface area contributed by atoms with Crippen molar-refractivity contribution in [3.63, 3.8) is 0 Å². The average Bonchev–Trinajstić information content (AvgIpc) is 3.15. The molecule has 1 fully saturated rings. The van der Waals surface area contributed by atoms with E-state index >= 15 is 0 Å². The highest BCUT2D eigenvalue weighted by Gasteiger charge is 2.21. The van der Waals surface area contributed by atoms with Crippen LogP contribution in [0.15, 0.2) is 21.7 Å². The number of aryl methyl sites for hydroxylation is 1. The van der Waals surface area contributed by atoms with Crippen molar-refractivity contribution < 1.29 is 14.0 Å². The molecule has 0 spiro atoms. The first kappa shape index (κ1) is 22.7. The third kappa shape index (κ3) is 7.77. The molecule has 0 saturated carbocycles. The summed E-state index contributed by atoms with van der Waals surface area (Å²) in [6.07, 6.45) is 4.21. The maximum absolute atomic E-state index is 12.0. The summed E-state index contributed by atoms with van der Waals surface area (Å²) in [5.41, 5.74) is 0.834. The van der Waals surface area contributed by atoms with Gasteiger partial charge < -0.3 is 25.7 Å². The van der Waals surface area contributed by atoms with E-state index in [4.69, 9.17) is 4.42 Å². The van der Waals surface area contributed by atoms with Crippen LogP contribution in [0.25, 0.3) is 0 Å². The van der Waals surface area contributed by atoms with Gasteiger partial charge in [-0.05, 0) is 39.2 Å². The molecule has 0 aromatic carbocycles. The number of hydrogen-bond donors (Lipinski definition) is 4. The number of carbonyl (C=O) groups is 2. The quantitative estimate of drug-likeness (QED) is 0.270. The van der Waals surface area contributed by atoms with E-state index in [9.17, 15) is 9.59 Å². The Morgan fingerprint density at radius 1 is 1.28 bits per heavy atom. The predicted octanol–water partition coefficient (Wildman–Crippen LogP) is 0.473. The number of aliphatic imine (C=N–C) groups is 1. The van der Waals surface area contributed by atoms with Crippen LogP contribution in [0.4, 0.5) is 0 Å². The molecule has 4 N–H and O–H groups in total. The average molecular weight is 407 g/mol. The van der Waals surface area contributed by atoms with E-state index in [1.807, 2.05) is 13.8 Å². The highest BCUT2D eigenvalue weighted by Crippen LogP contribution is 2.10. The predicted molar refractivity (Wildman–Crippen MR) is 113 cm³/mol. The van der Waals surface area contributed by atoms with Crippen LogP contribution in [0, 0.1) is 6.92 Å². The Hall–Kier alpha value is -2.55. The number of hydrogen-bond acceptors (Lipinski definition) is 5. The number of nitrogens with zero attached hydrogens (tertiary/aromatic N) is 2. The molecule has 0 radical (unpaired) electrons. The molecule has 2 rings (SSSR count). The van der Waals surface area contributed by atoms with Gasteiger partial charge in [-0.3, -0.25) is 19.5 Å². The van der Waals surface area contributed by atoms with E-state index < -0.39 is 0 Å². The molecule has 1 aliphatic heterocycles. The standard InChI is InChI=1S/C20H34N6O3/c1-4-22-20(25-16-6-11-26(12-7-16)14-17(27)21-3)24-10-5-9-23-19(28)18-15(2)8-13-29-18/h8,13,16H,4-7,9-12,14H2,1-3H3,(H,21,27)(H,23,28)(H2,22,24,25). The summed E-state index contributed by atoms with van der Waals surface area (Å²) in [6, 6.07) is 2.12. The first-order chi connectivity index (χ1) is 14.0. The van der Waals surface area contributed by atoms with Crippen LogP contribution in [-0.4, -0.2) is 75.0 Å². The highest BCUT2D eigenvalue weighted by molar-refractivity contribution is 5.92. The van der Waals surface area contributed by atoms with Gasteiger partial charge in [-0.2, -0.15) is 0 Å². The molecule has 29 heavy (non-hydrogen) atoms. The Bertz CT molecular complexity index is 680. The van der Waals surface area contributed by atoms with Gasteiger partial charge in [0.05, 0.1) is 12.8 Å². The van der Waals surface area contributed by atoms with E-state index in [1.54, 1.807) is 13.1 Å². The zero-order valence-electron chi connectivity index (χ0n) is 17.7. The third-order valence-electron chi connectivity index (χ3n) is 4.88. The van der Waals surface area contributed by atoms with Gasteiger partial charge in [-0.1, -0.05) is 0 Å². The van der Waals surface area contributed by atoms with Crippen LogP contribution < -0.4 is 21.3 Å². The molecule has 2 heterocycles. The fraction of sp³-hybridized carbons (Fsp3) is 0.650. The number of nitrogens with one attached hydrogen (secondary N) is 4. The molecular weight excluding hydrogens is 372 g/mol. The van der Waals surface area contributed by atoms with Gasteiger partial charge in [0.25, 0.3) is 5.91 Å². The lowest BCUT2D eigenvalue weighted by molar-refractivity contribution is -0.122. The Balaban J connectivity index is 1.69. The van der Waals surface area contributed by atoms with Gasteiger partial charge in [-0.25, -0.2) is 0 Å². The SMILES string of the molecule is CCNC(=NCCCNC(=O)c1occc1C)NC1CCN(CC(=O)NC)CC1. The number of rotatable bonds is 9. The molecule has 1 aliphatic rings. The fourth-order valence-corrected chi connectivity index (χ4v) is 3.19. The van der Waals surface area contributed by atoms with Crippen molar-refractivity contribution in [2.75, 3.05) is 46.3 Å². The maximum atomic E-state index is 12.0. The Kier molecular flexibility index (Phi) is 9.49. The van der Waals surface area contributed by atoms with Gasteiger partial charge in [-0.15, -0.1) is 0 Å². The summed E-state index contributed by atoms with van der Waals surface area (Å²) in [6.45, 7) is 8.07.